The van der Waals surface area contributed by atoms with Crippen molar-refractivity contribution in [2.75, 3.05) is 4.90 Å². The molecule has 0 bridgehead atoms. The van der Waals surface area contributed by atoms with E-state index in [1.165, 1.54) is 18.3 Å². The van der Waals surface area contributed by atoms with Crippen LogP contribution < -0.4 is 4.90 Å². The zero-order valence-corrected chi connectivity index (χ0v) is 18.0. The monoisotopic (exact) mass is 435 g/mol. The number of fused-ring (bicyclic) bond motifs is 1. The van der Waals surface area contributed by atoms with E-state index in [0.717, 1.165) is 21.5 Å². The molecule has 2 aromatic heterocycles. The molecular weight excluding hydrogens is 418 g/mol. The SMILES string of the molecule is CC(=O)c1ccc(C(=O)N(Cc2ccccn2)c2nc3c(C)c(Cl)ccc3s2)cc1. The second-order valence-corrected chi connectivity index (χ2v) is 8.28. The number of aryl methyl sites for hydroxylation is 1. The summed E-state index contributed by atoms with van der Waals surface area (Å²) in [6, 6.07) is 16.0. The molecule has 0 N–H and O–H groups in total. The first-order valence-electron chi connectivity index (χ1n) is 9.32. The maximum Gasteiger partial charge on any atom is 0.260 e. The molecule has 7 heteroatoms. The summed E-state index contributed by atoms with van der Waals surface area (Å²) in [7, 11) is 0. The van der Waals surface area contributed by atoms with Crippen LogP contribution in [-0.2, 0) is 6.54 Å². The van der Waals surface area contributed by atoms with Crippen molar-refractivity contribution in [1.29, 1.82) is 0 Å². The number of thiazole rings is 1. The van der Waals surface area contributed by atoms with Gasteiger partial charge in [0.2, 0.25) is 0 Å². The molecule has 2 aromatic carbocycles. The summed E-state index contributed by atoms with van der Waals surface area (Å²) in [6.07, 6.45) is 1.70. The Hall–Kier alpha value is -3.09. The zero-order valence-electron chi connectivity index (χ0n) is 16.4. The number of amides is 1. The van der Waals surface area contributed by atoms with Crippen molar-refractivity contribution in [3.05, 3.63) is 88.2 Å². The van der Waals surface area contributed by atoms with E-state index in [4.69, 9.17) is 16.6 Å². The first-order valence-corrected chi connectivity index (χ1v) is 10.5. The minimum atomic E-state index is -0.210. The van der Waals surface area contributed by atoms with Gasteiger partial charge < -0.3 is 0 Å². The minimum Gasteiger partial charge on any atom is -0.295 e. The zero-order chi connectivity index (χ0) is 21.3. The topological polar surface area (TPSA) is 63.2 Å². The van der Waals surface area contributed by atoms with E-state index in [9.17, 15) is 9.59 Å². The third-order valence-electron chi connectivity index (χ3n) is 4.80. The highest BCUT2D eigenvalue weighted by molar-refractivity contribution is 7.22. The molecule has 0 aliphatic carbocycles. The normalized spacial score (nSPS) is 10.9. The maximum absolute atomic E-state index is 13.4. The number of ketones is 1. The van der Waals surface area contributed by atoms with Crippen LogP contribution in [0.3, 0.4) is 0 Å². The van der Waals surface area contributed by atoms with E-state index in [2.05, 4.69) is 4.98 Å². The van der Waals surface area contributed by atoms with Crippen LogP contribution in [0.4, 0.5) is 5.13 Å². The van der Waals surface area contributed by atoms with Crippen molar-refractivity contribution >= 4 is 50.0 Å². The lowest BCUT2D eigenvalue weighted by Crippen LogP contribution is -2.30. The van der Waals surface area contributed by atoms with Crippen molar-refractivity contribution in [1.82, 2.24) is 9.97 Å². The number of benzene rings is 2. The molecule has 1 amide bonds. The number of aromatic nitrogens is 2. The molecule has 4 rings (SSSR count). The Balaban J connectivity index is 1.77. The molecule has 2 heterocycles. The minimum absolute atomic E-state index is 0.0436. The first kappa shape index (κ1) is 20.2. The quantitative estimate of drug-likeness (QED) is 0.377. The summed E-state index contributed by atoms with van der Waals surface area (Å²) in [5, 5.41) is 1.21. The molecule has 0 saturated carbocycles. The average molecular weight is 436 g/mol. The van der Waals surface area contributed by atoms with Crippen LogP contribution in [0.5, 0.6) is 0 Å². The van der Waals surface area contributed by atoms with E-state index in [-0.39, 0.29) is 18.2 Å². The fraction of sp³-hybridized carbons (Fsp3) is 0.130. The van der Waals surface area contributed by atoms with Gasteiger partial charge in [0.1, 0.15) is 0 Å². The summed E-state index contributed by atoms with van der Waals surface area (Å²) in [5.74, 6) is -0.253. The standard InChI is InChI=1S/C23H18ClN3O2S/c1-14-19(24)10-11-20-21(14)26-23(30-20)27(13-18-5-3-4-12-25-18)22(29)17-8-6-16(7-9-17)15(2)28/h3-12H,13H2,1-2H3. The van der Waals surface area contributed by atoms with Gasteiger partial charge in [-0.1, -0.05) is 41.1 Å². The lowest BCUT2D eigenvalue weighted by atomic mass is 10.1. The van der Waals surface area contributed by atoms with Gasteiger partial charge in [-0.2, -0.15) is 0 Å². The molecule has 0 saturated heterocycles. The molecule has 4 aromatic rings. The Morgan fingerprint density at radius 1 is 1.03 bits per heavy atom. The second kappa shape index (κ2) is 8.34. The highest BCUT2D eigenvalue weighted by atomic mass is 35.5. The fourth-order valence-corrected chi connectivity index (χ4v) is 4.26. The van der Waals surface area contributed by atoms with E-state index in [0.29, 0.717) is 21.3 Å². The van der Waals surface area contributed by atoms with Crippen molar-refractivity contribution in [2.45, 2.75) is 20.4 Å². The van der Waals surface area contributed by atoms with Crippen LogP contribution in [0.25, 0.3) is 10.2 Å². The summed E-state index contributed by atoms with van der Waals surface area (Å²) in [4.78, 5) is 35.7. The summed E-state index contributed by atoms with van der Waals surface area (Å²) >= 11 is 7.68. The number of pyridine rings is 1. The van der Waals surface area contributed by atoms with Crippen molar-refractivity contribution in [3.8, 4) is 0 Å². The lowest BCUT2D eigenvalue weighted by Gasteiger charge is -2.19. The molecule has 150 valence electrons. The molecule has 0 atom stereocenters. The molecule has 5 nitrogen and oxygen atoms in total. The van der Waals surface area contributed by atoms with E-state index in [1.54, 1.807) is 35.4 Å². The fourth-order valence-electron chi connectivity index (χ4n) is 3.09. The molecule has 0 aliphatic rings. The van der Waals surface area contributed by atoms with Gasteiger partial charge in [0.15, 0.2) is 10.9 Å². The van der Waals surface area contributed by atoms with Gasteiger partial charge in [-0.3, -0.25) is 19.5 Å². The Kier molecular flexibility index (Phi) is 5.61. The first-order chi connectivity index (χ1) is 14.4. The lowest BCUT2D eigenvalue weighted by molar-refractivity contribution is 0.0980. The third kappa shape index (κ3) is 3.97. The van der Waals surface area contributed by atoms with Crippen molar-refractivity contribution < 1.29 is 9.59 Å². The van der Waals surface area contributed by atoms with Gasteiger partial charge in [0.05, 0.1) is 22.5 Å². The van der Waals surface area contributed by atoms with Gasteiger partial charge in [-0.05, 0) is 55.8 Å². The van der Waals surface area contributed by atoms with Crippen LogP contribution in [0.1, 0.15) is 38.9 Å². The Bertz CT molecular complexity index is 1240. The van der Waals surface area contributed by atoms with Gasteiger partial charge >= 0.3 is 0 Å². The Labute approximate surface area is 183 Å². The predicted octanol–water partition coefficient (Wildman–Crippen LogP) is 5.70. The number of Topliss-reactive ketones (excluding diaryl/α,β-unsaturated/α-hetero) is 1. The maximum atomic E-state index is 13.4. The molecule has 0 radical (unpaired) electrons. The van der Waals surface area contributed by atoms with Gasteiger partial charge in [-0.25, -0.2) is 4.98 Å². The van der Waals surface area contributed by atoms with Gasteiger partial charge in [0, 0.05) is 22.3 Å². The van der Waals surface area contributed by atoms with Gasteiger partial charge in [0.25, 0.3) is 5.91 Å². The van der Waals surface area contributed by atoms with Crippen molar-refractivity contribution in [2.24, 2.45) is 0 Å². The molecule has 0 fully saturated rings. The third-order valence-corrected chi connectivity index (χ3v) is 6.25. The van der Waals surface area contributed by atoms with Crippen LogP contribution in [0.15, 0.2) is 60.8 Å². The Morgan fingerprint density at radius 2 is 1.77 bits per heavy atom. The molecule has 30 heavy (non-hydrogen) atoms. The number of carbonyl (C=O) groups excluding carboxylic acids is 2. The number of nitrogens with zero attached hydrogens (tertiary/aromatic N) is 3. The van der Waals surface area contributed by atoms with Gasteiger partial charge in [-0.15, -0.1) is 0 Å². The van der Waals surface area contributed by atoms with E-state index in [1.807, 2.05) is 37.3 Å². The number of hydrogen-bond donors (Lipinski definition) is 0. The summed E-state index contributed by atoms with van der Waals surface area (Å²) in [5.41, 5.74) is 3.46. The van der Waals surface area contributed by atoms with Crippen LogP contribution in [-0.4, -0.2) is 21.7 Å². The summed E-state index contributed by atoms with van der Waals surface area (Å²) in [6.45, 7) is 3.69. The van der Waals surface area contributed by atoms with E-state index >= 15 is 0 Å². The highest BCUT2D eigenvalue weighted by Crippen LogP contribution is 2.34. The van der Waals surface area contributed by atoms with Crippen molar-refractivity contribution in [3.63, 3.8) is 0 Å². The number of carbonyl (C=O) groups is 2. The molecule has 0 unspecified atom stereocenters. The number of rotatable bonds is 5. The summed E-state index contributed by atoms with van der Waals surface area (Å²) < 4.78 is 0.956. The van der Waals surface area contributed by atoms with E-state index < -0.39 is 0 Å². The molecular formula is C23H18ClN3O2S. The number of halogens is 1. The smallest absolute Gasteiger partial charge is 0.260 e. The number of hydrogen-bond acceptors (Lipinski definition) is 5. The second-order valence-electron chi connectivity index (χ2n) is 6.86. The highest BCUT2D eigenvalue weighted by Gasteiger charge is 2.23. The van der Waals surface area contributed by atoms with Crippen LogP contribution in [0.2, 0.25) is 5.02 Å². The number of anilines is 1. The molecule has 0 spiro atoms. The molecule has 0 aliphatic heterocycles. The van der Waals surface area contributed by atoms with Crippen LogP contribution >= 0.6 is 22.9 Å². The average Bonchev–Trinajstić information content (AvgIpc) is 3.20. The Morgan fingerprint density at radius 3 is 2.43 bits per heavy atom. The predicted molar refractivity (Wildman–Crippen MR) is 121 cm³/mol. The van der Waals surface area contributed by atoms with Crippen LogP contribution in [0, 0.1) is 6.92 Å². The largest absolute Gasteiger partial charge is 0.295 e.